The van der Waals surface area contributed by atoms with Gasteiger partial charge in [-0.2, -0.15) is 0 Å². The summed E-state index contributed by atoms with van der Waals surface area (Å²) in [6.07, 6.45) is 0. The van der Waals surface area contributed by atoms with Crippen molar-refractivity contribution < 1.29 is 22.9 Å². The molecule has 0 saturated carbocycles. The van der Waals surface area contributed by atoms with Crippen molar-refractivity contribution in [2.24, 2.45) is 0 Å². The van der Waals surface area contributed by atoms with Crippen molar-refractivity contribution in [3.8, 4) is 5.75 Å². The Morgan fingerprint density at radius 2 is 2.00 bits per heavy atom. The first kappa shape index (κ1) is 15.7. The van der Waals surface area contributed by atoms with Gasteiger partial charge in [-0.3, -0.25) is 19.6 Å². The molecule has 1 aliphatic rings. The summed E-state index contributed by atoms with van der Waals surface area (Å²) in [6, 6.07) is 9.13. The number of non-ortho nitro benzene ring substituents is 1. The lowest BCUT2D eigenvalue weighted by Gasteiger charge is -2.18. The number of nitrogens with zero attached hydrogens (tertiary/aromatic N) is 1. The van der Waals surface area contributed by atoms with Crippen LogP contribution in [0.4, 0.5) is 17.1 Å². The molecule has 2 aromatic rings. The number of hydrogen-bond acceptors (Lipinski definition) is 6. The maximum absolute atomic E-state index is 12.4. The van der Waals surface area contributed by atoms with Gasteiger partial charge in [0.15, 0.2) is 6.61 Å². The minimum Gasteiger partial charge on any atom is -0.482 e. The lowest BCUT2D eigenvalue weighted by atomic mass is 10.2. The quantitative estimate of drug-likeness (QED) is 0.639. The predicted octanol–water partition coefficient (Wildman–Crippen LogP) is 1.73. The fraction of sp³-hybridized carbons (Fsp3) is 0.0714. The Morgan fingerprint density at radius 1 is 1.21 bits per heavy atom. The van der Waals surface area contributed by atoms with Crippen molar-refractivity contribution in [2.45, 2.75) is 4.90 Å². The summed E-state index contributed by atoms with van der Waals surface area (Å²) in [5.74, 6) is -0.0207. The van der Waals surface area contributed by atoms with Crippen LogP contribution < -0.4 is 14.8 Å². The Kier molecular flexibility index (Phi) is 3.81. The summed E-state index contributed by atoms with van der Waals surface area (Å²) in [5.41, 5.74) is 0.0664. The molecule has 24 heavy (non-hydrogen) atoms. The molecule has 0 aromatic heterocycles. The topological polar surface area (TPSA) is 128 Å². The van der Waals surface area contributed by atoms with E-state index in [4.69, 9.17) is 4.74 Å². The maximum atomic E-state index is 12.4. The molecule has 10 heteroatoms. The fourth-order valence-corrected chi connectivity index (χ4v) is 3.20. The van der Waals surface area contributed by atoms with Crippen LogP contribution >= 0.6 is 0 Å². The van der Waals surface area contributed by atoms with Gasteiger partial charge in [0.25, 0.3) is 21.6 Å². The average molecular weight is 349 g/mol. The van der Waals surface area contributed by atoms with Gasteiger partial charge in [0, 0.05) is 12.1 Å². The van der Waals surface area contributed by atoms with Crippen LogP contribution in [0.5, 0.6) is 5.75 Å². The summed E-state index contributed by atoms with van der Waals surface area (Å²) in [4.78, 5) is 21.3. The van der Waals surface area contributed by atoms with Crippen LogP contribution in [0.1, 0.15) is 0 Å². The number of nitro benzene ring substituents is 1. The molecule has 124 valence electrons. The lowest BCUT2D eigenvalue weighted by Crippen LogP contribution is -2.25. The van der Waals surface area contributed by atoms with Crippen molar-refractivity contribution in [1.29, 1.82) is 0 Å². The molecular weight excluding hydrogens is 338 g/mol. The van der Waals surface area contributed by atoms with Crippen molar-refractivity contribution >= 4 is 33.0 Å². The lowest BCUT2D eigenvalue weighted by molar-refractivity contribution is -0.384. The highest BCUT2D eigenvalue weighted by atomic mass is 32.2. The van der Waals surface area contributed by atoms with Crippen molar-refractivity contribution in [1.82, 2.24) is 0 Å². The number of anilines is 2. The standard InChI is InChI=1S/C14H11N3O6S/c18-14-8-23-13-5-4-11(7-12(13)15-14)24(21,22)16-9-2-1-3-10(6-9)17(19)20/h1-7,16H,8H2,(H,15,18). The summed E-state index contributed by atoms with van der Waals surface area (Å²) < 4.78 is 32.3. The van der Waals surface area contributed by atoms with Crippen LogP contribution in [0.3, 0.4) is 0 Å². The highest BCUT2D eigenvalue weighted by molar-refractivity contribution is 7.92. The number of benzene rings is 2. The van der Waals surface area contributed by atoms with E-state index in [2.05, 4.69) is 10.0 Å². The van der Waals surface area contributed by atoms with Crippen LogP contribution in [-0.2, 0) is 14.8 Å². The number of carbonyl (C=O) groups excluding carboxylic acids is 1. The van der Waals surface area contributed by atoms with E-state index in [1.165, 1.54) is 36.4 Å². The Labute approximate surface area is 136 Å². The third-order valence-electron chi connectivity index (χ3n) is 3.20. The van der Waals surface area contributed by atoms with E-state index in [1.54, 1.807) is 0 Å². The number of amides is 1. The van der Waals surface area contributed by atoms with Gasteiger partial charge in [-0.1, -0.05) is 6.07 Å². The largest absolute Gasteiger partial charge is 0.482 e. The molecule has 0 aliphatic carbocycles. The minimum absolute atomic E-state index is 0.0576. The van der Waals surface area contributed by atoms with E-state index < -0.39 is 14.9 Å². The van der Waals surface area contributed by atoms with Crippen LogP contribution in [0.2, 0.25) is 0 Å². The first-order valence-electron chi connectivity index (χ1n) is 6.69. The first-order chi connectivity index (χ1) is 11.3. The van der Waals surface area contributed by atoms with E-state index in [1.807, 2.05) is 0 Å². The van der Waals surface area contributed by atoms with Gasteiger partial charge in [0.2, 0.25) is 0 Å². The maximum Gasteiger partial charge on any atom is 0.271 e. The average Bonchev–Trinajstić information content (AvgIpc) is 2.54. The highest BCUT2D eigenvalue weighted by Gasteiger charge is 2.21. The van der Waals surface area contributed by atoms with E-state index >= 15 is 0 Å². The summed E-state index contributed by atoms with van der Waals surface area (Å²) in [7, 11) is -3.99. The van der Waals surface area contributed by atoms with Gasteiger partial charge in [0.1, 0.15) is 5.75 Å². The van der Waals surface area contributed by atoms with E-state index in [0.29, 0.717) is 5.75 Å². The SMILES string of the molecule is O=C1COc2ccc(S(=O)(=O)Nc3cccc([N+](=O)[O-])c3)cc2N1. The molecule has 0 radical (unpaired) electrons. The second-order valence-electron chi connectivity index (χ2n) is 4.91. The fourth-order valence-electron chi connectivity index (χ4n) is 2.13. The number of rotatable bonds is 4. The second-order valence-corrected chi connectivity index (χ2v) is 6.59. The van der Waals surface area contributed by atoms with Crippen molar-refractivity contribution in [3.05, 3.63) is 52.6 Å². The molecule has 0 atom stereocenters. The molecular formula is C14H11N3O6S. The van der Waals surface area contributed by atoms with Crippen LogP contribution in [0.25, 0.3) is 0 Å². The van der Waals surface area contributed by atoms with Gasteiger partial charge in [-0.05, 0) is 24.3 Å². The first-order valence-corrected chi connectivity index (χ1v) is 8.17. The molecule has 3 rings (SSSR count). The van der Waals surface area contributed by atoms with Gasteiger partial charge in [0.05, 0.1) is 21.2 Å². The number of nitrogens with one attached hydrogen (secondary N) is 2. The number of ether oxygens (including phenoxy) is 1. The Bertz CT molecular complexity index is 941. The molecule has 0 fully saturated rings. The van der Waals surface area contributed by atoms with Gasteiger partial charge < -0.3 is 10.1 Å². The smallest absolute Gasteiger partial charge is 0.271 e. The number of fused-ring (bicyclic) bond motifs is 1. The molecule has 2 aromatic carbocycles. The third-order valence-corrected chi connectivity index (χ3v) is 4.58. The zero-order valence-corrected chi connectivity index (χ0v) is 12.9. The van der Waals surface area contributed by atoms with Crippen LogP contribution in [0.15, 0.2) is 47.4 Å². The Morgan fingerprint density at radius 3 is 2.75 bits per heavy atom. The normalized spacial score (nSPS) is 13.4. The molecule has 0 unspecified atom stereocenters. The highest BCUT2D eigenvalue weighted by Crippen LogP contribution is 2.31. The van der Waals surface area contributed by atoms with Gasteiger partial charge in [-0.25, -0.2) is 8.42 Å². The van der Waals surface area contributed by atoms with E-state index in [-0.39, 0.29) is 34.5 Å². The number of carbonyl (C=O) groups is 1. The number of nitro groups is 1. The molecule has 0 bridgehead atoms. The van der Waals surface area contributed by atoms with Gasteiger partial charge >= 0.3 is 0 Å². The van der Waals surface area contributed by atoms with Crippen molar-refractivity contribution in [2.75, 3.05) is 16.6 Å². The van der Waals surface area contributed by atoms with Crippen molar-refractivity contribution in [3.63, 3.8) is 0 Å². The monoisotopic (exact) mass is 349 g/mol. The van der Waals surface area contributed by atoms with Crippen LogP contribution in [-0.4, -0.2) is 25.9 Å². The van der Waals surface area contributed by atoms with Gasteiger partial charge in [-0.15, -0.1) is 0 Å². The Hall–Kier alpha value is -3.14. The Balaban J connectivity index is 1.91. The molecule has 0 saturated heterocycles. The molecule has 9 nitrogen and oxygen atoms in total. The molecule has 0 spiro atoms. The molecule has 1 amide bonds. The number of sulfonamides is 1. The third kappa shape index (κ3) is 3.13. The molecule has 1 aliphatic heterocycles. The van der Waals surface area contributed by atoms with Crippen LogP contribution in [0, 0.1) is 10.1 Å². The number of hydrogen-bond donors (Lipinski definition) is 2. The second kappa shape index (κ2) is 5.81. The summed E-state index contributed by atoms with van der Waals surface area (Å²) in [5, 5.41) is 13.3. The predicted molar refractivity (Wildman–Crippen MR) is 84.5 cm³/mol. The zero-order chi connectivity index (χ0) is 17.3. The summed E-state index contributed by atoms with van der Waals surface area (Å²) in [6.45, 7) is -0.134. The van der Waals surface area contributed by atoms with E-state index in [9.17, 15) is 23.3 Å². The zero-order valence-electron chi connectivity index (χ0n) is 12.1. The molecule has 2 N–H and O–H groups in total. The minimum atomic E-state index is -3.99. The summed E-state index contributed by atoms with van der Waals surface area (Å²) >= 11 is 0. The van der Waals surface area contributed by atoms with E-state index in [0.717, 1.165) is 6.07 Å². The molecule has 1 heterocycles.